The molecule has 7 heteroatoms. The third-order valence-corrected chi connectivity index (χ3v) is 4.43. The Kier molecular flexibility index (Phi) is 6.42. The van der Waals surface area contributed by atoms with E-state index in [-0.39, 0.29) is 23.6 Å². The summed E-state index contributed by atoms with van der Waals surface area (Å²) in [7, 11) is 1.71. The van der Waals surface area contributed by atoms with Crippen molar-refractivity contribution < 1.29 is 14.4 Å². The molecule has 1 aliphatic heterocycles. The summed E-state index contributed by atoms with van der Waals surface area (Å²) >= 11 is 5.83. The highest BCUT2D eigenvalue weighted by molar-refractivity contribution is 6.30. The van der Waals surface area contributed by atoms with E-state index < -0.39 is 12.1 Å². The number of hydrogen-bond donors (Lipinski definition) is 2. The summed E-state index contributed by atoms with van der Waals surface area (Å²) in [6.45, 7) is 4.57. The molecule has 1 heterocycles. The van der Waals surface area contributed by atoms with Gasteiger partial charge >= 0.3 is 0 Å². The van der Waals surface area contributed by atoms with Crippen LogP contribution < -0.4 is 10.6 Å². The van der Waals surface area contributed by atoms with Crippen molar-refractivity contribution in [2.24, 2.45) is 5.92 Å². The van der Waals surface area contributed by atoms with E-state index in [1.54, 1.807) is 36.2 Å². The van der Waals surface area contributed by atoms with Crippen LogP contribution in [0.25, 0.3) is 0 Å². The normalized spacial score (nSPS) is 18.4. The summed E-state index contributed by atoms with van der Waals surface area (Å²) < 4.78 is 0. The number of carbonyl (C=O) groups is 3. The highest BCUT2D eigenvalue weighted by Gasteiger charge is 2.32. The van der Waals surface area contributed by atoms with Crippen LogP contribution in [0.1, 0.15) is 37.0 Å². The van der Waals surface area contributed by atoms with Crippen LogP contribution >= 0.6 is 11.6 Å². The zero-order chi connectivity index (χ0) is 18.6. The number of likely N-dealkylation sites (tertiary alicyclic amines) is 1. The lowest BCUT2D eigenvalue weighted by Gasteiger charge is -2.22. The zero-order valence-corrected chi connectivity index (χ0v) is 15.5. The molecule has 1 aliphatic rings. The Morgan fingerprint density at radius 1 is 1.28 bits per heavy atom. The van der Waals surface area contributed by atoms with Gasteiger partial charge < -0.3 is 15.5 Å². The molecule has 136 valence electrons. The SMILES string of the molecule is CC(C)CC(NC(=O)c1ccc(Cl)cc1)C(=O)NC1CCN(C)C1=O. The number of nitrogens with one attached hydrogen (secondary N) is 2. The van der Waals surface area contributed by atoms with Gasteiger partial charge in [0.1, 0.15) is 12.1 Å². The lowest BCUT2D eigenvalue weighted by atomic mass is 10.0. The number of carbonyl (C=O) groups excluding carboxylic acids is 3. The van der Waals surface area contributed by atoms with Gasteiger partial charge in [0.2, 0.25) is 11.8 Å². The molecule has 2 N–H and O–H groups in total. The van der Waals surface area contributed by atoms with Crippen LogP contribution in [0.5, 0.6) is 0 Å². The Morgan fingerprint density at radius 3 is 2.44 bits per heavy atom. The molecule has 0 saturated carbocycles. The molecule has 6 nitrogen and oxygen atoms in total. The molecule has 0 spiro atoms. The Hall–Kier alpha value is -2.08. The fraction of sp³-hybridized carbons (Fsp3) is 0.500. The number of benzene rings is 1. The Morgan fingerprint density at radius 2 is 1.92 bits per heavy atom. The summed E-state index contributed by atoms with van der Waals surface area (Å²) in [5, 5.41) is 6.07. The first-order valence-electron chi connectivity index (χ1n) is 8.39. The fourth-order valence-electron chi connectivity index (χ4n) is 2.77. The highest BCUT2D eigenvalue weighted by Crippen LogP contribution is 2.13. The maximum Gasteiger partial charge on any atom is 0.251 e. The van der Waals surface area contributed by atoms with E-state index in [9.17, 15) is 14.4 Å². The van der Waals surface area contributed by atoms with E-state index in [1.165, 1.54) is 0 Å². The van der Waals surface area contributed by atoms with Crippen molar-refractivity contribution in [3.05, 3.63) is 34.9 Å². The van der Waals surface area contributed by atoms with Gasteiger partial charge in [0.25, 0.3) is 5.91 Å². The van der Waals surface area contributed by atoms with Crippen molar-refractivity contribution in [2.45, 2.75) is 38.8 Å². The molecular formula is C18H24ClN3O3. The summed E-state index contributed by atoms with van der Waals surface area (Å²) in [4.78, 5) is 38.6. The minimum absolute atomic E-state index is 0.0966. The zero-order valence-electron chi connectivity index (χ0n) is 14.7. The summed E-state index contributed by atoms with van der Waals surface area (Å²) in [5.74, 6) is -0.555. The third kappa shape index (κ3) is 5.19. The van der Waals surface area contributed by atoms with Crippen molar-refractivity contribution in [3.8, 4) is 0 Å². The number of hydrogen-bond acceptors (Lipinski definition) is 3. The van der Waals surface area contributed by atoms with Crippen LogP contribution in [0.2, 0.25) is 5.02 Å². The van der Waals surface area contributed by atoms with Gasteiger partial charge in [0.05, 0.1) is 0 Å². The predicted octanol–water partition coefficient (Wildman–Crippen LogP) is 1.83. The molecule has 0 radical (unpaired) electrons. The van der Waals surface area contributed by atoms with Gasteiger partial charge in [0, 0.05) is 24.2 Å². The summed E-state index contributed by atoms with van der Waals surface area (Å²) in [6.07, 6.45) is 1.07. The monoisotopic (exact) mass is 365 g/mol. The first-order chi connectivity index (χ1) is 11.8. The predicted molar refractivity (Wildman–Crippen MR) is 96.3 cm³/mol. The second-order valence-corrected chi connectivity index (χ2v) is 7.21. The van der Waals surface area contributed by atoms with Crippen LogP contribution in [-0.4, -0.2) is 48.3 Å². The Bertz CT molecular complexity index is 645. The molecule has 1 fully saturated rings. The Labute approximate surface area is 152 Å². The molecule has 25 heavy (non-hydrogen) atoms. The topological polar surface area (TPSA) is 78.5 Å². The van der Waals surface area contributed by atoms with Crippen LogP contribution in [0.3, 0.4) is 0 Å². The van der Waals surface area contributed by atoms with Gasteiger partial charge in [-0.3, -0.25) is 14.4 Å². The third-order valence-electron chi connectivity index (χ3n) is 4.18. The maximum absolute atomic E-state index is 12.6. The first kappa shape index (κ1) is 19.2. The average molecular weight is 366 g/mol. The molecule has 2 unspecified atom stereocenters. The number of amides is 3. The average Bonchev–Trinajstić information content (AvgIpc) is 2.86. The van der Waals surface area contributed by atoms with Crippen LogP contribution in [0.15, 0.2) is 24.3 Å². The molecule has 1 aromatic rings. The lowest BCUT2D eigenvalue weighted by molar-refractivity contribution is -0.132. The highest BCUT2D eigenvalue weighted by atomic mass is 35.5. The summed E-state index contributed by atoms with van der Waals surface area (Å²) in [5.41, 5.74) is 0.433. The number of halogens is 1. The van der Waals surface area contributed by atoms with Crippen LogP contribution in [0.4, 0.5) is 0 Å². The molecule has 1 saturated heterocycles. The molecular weight excluding hydrogens is 342 g/mol. The fourth-order valence-corrected chi connectivity index (χ4v) is 2.90. The van der Waals surface area contributed by atoms with Crippen molar-refractivity contribution in [1.82, 2.24) is 15.5 Å². The number of likely N-dealkylation sites (N-methyl/N-ethyl adjacent to an activating group) is 1. The van der Waals surface area contributed by atoms with Gasteiger partial charge in [0.15, 0.2) is 0 Å². The van der Waals surface area contributed by atoms with Crippen molar-refractivity contribution in [1.29, 1.82) is 0 Å². The van der Waals surface area contributed by atoms with Crippen LogP contribution in [-0.2, 0) is 9.59 Å². The Balaban J connectivity index is 2.04. The van der Waals surface area contributed by atoms with E-state index in [2.05, 4.69) is 10.6 Å². The van der Waals surface area contributed by atoms with Gasteiger partial charge in [-0.2, -0.15) is 0 Å². The van der Waals surface area contributed by atoms with Gasteiger partial charge in [-0.1, -0.05) is 25.4 Å². The summed E-state index contributed by atoms with van der Waals surface area (Å²) in [6, 6.07) is 5.26. The second-order valence-electron chi connectivity index (χ2n) is 6.77. The van der Waals surface area contributed by atoms with Crippen molar-refractivity contribution in [3.63, 3.8) is 0 Å². The maximum atomic E-state index is 12.6. The molecule has 1 aromatic carbocycles. The smallest absolute Gasteiger partial charge is 0.251 e. The first-order valence-corrected chi connectivity index (χ1v) is 8.77. The quantitative estimate of drug-likeness (QED) is 0.807. The van der Waals surface area contributed by atoms with E-state index in [1.807, 2.05) is 13.8 Å². The van der Waals surface area contributed by atoms with Gasteiger partial charge in [-0.25, -0.2) is 0 Å². The van der Waals surface area contributed by atoms with Gasteiger partial charge in [-0.05, 0) is 43.0 Å². The van der Waals surface area contributed by atoms with E-state index in [0.717, 1.165) is 0 Å². The largest absolute Gasteiger partial charge is 0.344 e. The number of nitrogens with zero attached hydrogens (tertiary/aromatic N) is 1. The minimum Gasteiger partial charge on any atom is -0.344 e. The lowest BCUT2D eigenvalue weighted by Crippen LogP contribution is -2.51. The molecule has 0 aliphatic carbocycles. The van der Waals surface area contributed by atoms with E-state index in [0.29, 0.717) is 30.0 Å². The molecule has 0 aromatic heterocycles. The molecule has 0 bridgehead atoms. The van der Waals surface area contributed by atoms with Gasteiger partial charge in [-0.15, -0.1) is 0 Å². The van der Waals surface area contributed by atoms with E-state index >= 15 is 0 Å². The minimum atomic E-state index is -0.693. The molecule has 2 rings (SSSR count). The standard InChI is InChI=1S/C18H24ClN3O3/c1-11(2)10-15(17(24)20-14-8-9-22(3)18(14)25)21-16(23)12-4-6-13(19)7-5-12/h4-7,11,14-15H,8-10H2,1-3H3,(H,20,24)(H,21,23). The van der Waals surface area contributed by atoms with Crippen LogP contribution in [0, 0.1) is 5.92 Å². The van der Waals surface area contributed by atoms with Crippen molar-refractivity contribution in [2.75, 3.05) is 13.6 Å². The number of rotatable bonds is 6. The molecule has 2 atom stereocenters. The molecule has 3 amide bonds. The second kappa shape index (κ2) is 8.34. The van der Waals surface area contributed by atoms with Crippen molar-refractivity contribution >= 4 is 29.3 Å². The van der Waals surface area contributed by atoms with E-state index in [4.69, 9.17) is 11.6 Å².